The number of hydrogen-bond donors (Lipinski definition) is 3. The first kappa shape index (κ1) is 19.5. The number of halogens is 1. The first-order chi connectivity index (χ1) is 12.5. The van der Waals surface area contributed by atoms with E-state index in [2.05, 4.69) is 0 Å². The summed E-state index contributed by atoms with van der Waals surface area (Å²) >= 11 is 0. The van der Waals surface area contributed by atoms with Gasteiger partial charge in [-0.25, -0.2) is 4.39 Å². The topological polar surface area (TPSA) is 94.8 Å². The minimum atomic E-state index is -1.81. The van der Waals surface area contributed by atoms with Gasteiger partial charge in [0.1, 0.15) is 23.7 Å². The van der Waals surface area contributed by atoms with Crippen LogP contribution in [0.2, 0.25) is 0 Å². The average Bonchev–Trinajstić information content (AvgIpc) is 2.88. The second-order valence-electron chi connectivity index (χ2n) is 10.0. The summed E-state index contributed by atoms with van der Waals surface area (Å²) in [5.41, 5.74) is -5.23. The number of ketones is 2. The lowest BCUT2D eigenvalue weighted by molar-refractivity contribution is -0.254. The van der Waals surface area contributed by atoms with Crippen LogP contribution >= 0.6 is 0 Å². The Morgan fingerprint density at radius 2 is 1.85 bits per heavy atom. The Hall–Kier alpha value is -0.850. The molecular weight excluding hydrogens is 351 g/mol. The van der Waals surface area contributed by atoms with Crippen molar-refractivity contribution in [1.82, 2.24) is 0 Å². The Kier molecular flexibility index (Phi) is 4.20. The van der Waals surface area contributed by atoms with Crippen LogP contribution < -0.4 is 0 Å². The minimum Gasteiger partial charge on any atom is -0.390 e. The van der Waals surface area contributed by atoms with Crippen molar-refractivity contribution in [2.45, 2.75) is 82.6 Å². The van der Waals surface area contributed by atoms with E-state index < -0.39 is 46.5 Å². The zero-order chi connectivity index (χ0) is 19.8. The van der Waals surface area contributed by atoms with Gasteiger partial charge in [-0.2, -0.15) is 0 Å². The third-order valence-corrected chi connectivity index (χ3v) is 9.31. The standard InChI is InChI=1S/C21H31FO5/c1-18-7-5-13(24)9-12(18)3-4-15-14-6-8-20(27,17(26)11-23)19(14,2)10-16(25)21(15,18)22/h12,14-16,23,25,27H,3-11H2,1-2H3/t12-,14+,15+,16+,18+,19+,20+,21+/m1/s1. The fourth-order valence-corrected chi connectivity index (χ4v) is 7.65. The van der Waals surface area contributed by atoms with E-state index in [0.29, 0.717) is 32.1 Å². The Morgan fingerprint density at radius 3 is 2.52 bits per heavy atom. The molecule has 0 spiro atoms. The van der Waals surface area contributed by atoms with Crippen LogP contribution in [0.1, 0.15) is 65.2 Å². The van der Waals surface area contributed by atoms with Crippen molar-refractivity contribution < 1.29 is 29.3 Å². The maximum Gasteiger partial charge on any atom is 0.190 e. The van der Waals surface area contributed by atoms with Crippen LogP contribution in [0, 0.1) is 28.6 Å². The highest BCUT2D eigenvalue weighted by Crippen LogP contribution is 2.70. The molecule has 0 radical (unpaired) electrons. The molecule has 4 saturated carbocycles. The summed E-state index contributed by atoms with van der Waals surface area (Å²) in [6.45, 7) is 2.92. The normalized spacial score (nSPS) is 54.8. The van der Waals surface area contributed by atoms with Gasteiger partial charge in [0.05, 0.1) is 6.10 Å². The van der Waals surface area contributed by atoms with E-state index in [1.54, 1.807) is 6.92 Å². The molecule has 27 heavy (non-hydrogen) atoms. The third kappa shape index (κ3) is 2.15. The van der Waals surface area contributed by atoms with Crippen LogP contribution in [0.3, 0.4) is 0 Å². The zero-order valence-electron chi connectivity index (χ0n) is 16.2. The largest absolute Gasteiger partial charge is 0.390 e. The number of aliphatic hydroxyl groups is 3. The SMILES string of the molecule is C[C@]12CCC(=O)C[C@H]1CC[C@H]1[C@@H]3CC[C@](O)(C(=O)CO)[C@@]3(C)C[C@H](O)[C@@]12F. The molecule has 6 heteroatoms. The summed E-state index contributed by atoms with van der Waals surface area (Å²) in [7, 11) is 0. The van der Waals surface area contributed by atoms with E-state index in [4.69, 9.17) is 0 Å². The Balaban J connectivity index is 1.76. The fourth-order valence-electron chi connectivity index (χ4n) is 7.65. The molecule has 0 saturated heterocycles. The number of carbonyl (C=O) groups is 2. The smallest absolute Gasteiger partial charge is 0.190 e. The maximum absolute atomic E-state index is 16.8. The van der Waals surface area contributed by atoms with E-state index in [9.17, 15) is 24.9 Å². The summed E-state index contributed by atoms with van der Waals surface area (Å²) in [5, 5.41) is 31.6. The molecule has 5 nitrogen and oxygen atoms in total. The molecule has 4 fully saturated rings. The van der Waals surface area contributed by atoms with Crippen LogP contribution in [0.5, 0.6) is 0 Å². The third-order valence-electron chi connectivity index (χ3n) is 9.31. The van der Waals surface area contributed by atoms with Crippen molar-refractivity contribution in [2.75, 3.05) is 6.61 Å². The molecular formula is C21H31FO5. The molecule has 0 aromatic carbocycles. The van der Waals surface area contributed by atoms with Crippen LogP contribution in [-0.2, 0) is 9.59 Å². The lowest BCUT2D eigenvalue weighted by Crippen LogP contribution is -2.71. The second-order valence-corrected chi connectivity index (χ2v) is 10.0. The second kappa shape index (κ2) is 5.83. The molecule has 4 rings (SSSR count). The number of fused-ring (bicyclic) bond motifs is 5. The molecule has 152 valence electrons. The van der Waals surface area contributed by atoms with Crippen molar-refractivity contribution >= 4 is 11.6 Å². The molecule has 0 unspecified atom stereocenters. The van der Waals surface area contributed by atoms with E-state index in [1.165, 1.54) is 0 Å². The van der Waals surface area contributed by atoms with E-state index in [0.717, 1.165) is 6.42 Å². The van der Waals surface area contributed by atoms with Crippen molar-refractivity contribution in [3.8, 4) is 0 Å². The molecule has 0 aromatic rings. The molecule has 8 atom stereocenters. The highest BCUT2D eigenvalue weighted by molar-refractivity contribution is 5.89. The van der Waals surface area contributed by atoms with Gasteiger partial charge >= 0.3 is 0 Å². The summed E-state index contributed by atoms with van der Waals surface area (Å²) in [6, 6.07) is 0. The Bertz CT molecular complexity index is 681. The summed E-state index contributed by atoms with van der Waals surface area (Å²) in [5.74, 6) is -1.17. The molecule has 4 aliphatic carbocycles. The fraction of sp³-hybridized carbons (Fsp3) is 0.905. The maximum atomic E-state index is 16.8. The van der Waals surface area contributed by atoms with Crippen LogP contribution in [-0.4, -0.2) is 50.9 Å². The number of aliphatic hydroxyl groups excluding tert-OH is 2. The summed E-state index contributed by atoms with van der Waals surface area (Å²) < 4.78 is 16.8. The molecule has 0 bridgehead atoms. The van der Waals surface area contributed by atoms with Crippen molar-refractivity contribution in [3.63, 3.8) is 0 Å². The molecule has 3 N–H and O–H groups in total. The first-order valence-corrected chi connectivity index (χ1v) is 10.3. The van der Waals surface area contributed by atoms with Crippen molar-refractivity contribution in [1.29, 1.82) is 0 Å². The van der Waals surface area contributed by atoms with Gasteiger partial charge < -0.3 is 15.3 Å². The van der Waals surface area contributed by atoms with E-state index in [1.807, 2.05) is 6.92 Å². The number of rotatable bonds is 2. The lowest BCUT2D eigenvalue weighted by atomic mass is 9.42. The van der Waals surface area contributed by atoms with Crippen LogP contribution in [0.4, 0.5) is 4.39 Å². The first-order valence-electron chi connectivity index (χ1n) is 10.3. The van der Waals surface area contributed by atoms with Gasteiger partial charge in [-0.15, -0.1) is 0 Å². The molecule has 0 aromatic heterocycles. The minimum absolute atomic E-state index is 0.00314. The van der Waals surface area contributed by atoms with Crippen LogP contribution in [0.15, 0.2) is 0 Å². The van der Waals surface area contributed by atoms with Crippen molar-refractivity contribution in [2.24, 2.45) is 28.6 Å². The van der Waals surface area contributed by atoms with Gasteiger partial charge in [-0.3, -0.25) is 9.59 Å². The quantitative estimate of drug-likeness (QED) is 0.679. The number of carbonyl (C=O) groups excluding carboxylic acids is 2. The van der Waals surface area contributed by atoms with E-state index >= 15 is 4.39 Å². The molecule has 0 amide bonds. The van der Waals surface area contributed by atoms with Gasteiger partial charge in [0, 0.05) is 23.7 Å². The lowest BCUT2D eigenvalue weighted by Gasteiger charge is -2.65. The Labute approximate surface area is 159 Å². The molecule has 4 aliphatic rings. The van der Waals surface area contributed by atoms with Crippen molar-refractivity contribution in [3.05, 3.63) is 0 Å². The number of hydrogen-bond acceptors (Lipinski definition) is 5. The zero-order valence-corrected chi connectivity index (χ0v) is 16.2. The highest BCUT2D eigenvalue weighted by Gasteiger charge is 2.74. The molecule has 0 heterocycles. The number of alkyl halides is 1. The monoisotopic (exact) mass is 382 g/mol. The van der Waals surface area contributed by atoms with Gasteiger partial charge in [0.2, 0.25) is 0 Å². The summed E-state index contributed by atoms with van der Waals surface area (Å²) in [4.78, 5) is 24.3. The van der Waals surface area contributed by atoms with Gasteiger partial charge in [0.25, 0.3) is 0 Å². The Morgan fingerprint density at radius 1 is 1.15 bits per heavy atom. The average molecular weight is 382 g/mol. The predicted octanol–water partition coefficient (Wildman–Crippen LogP) is 1.95. The van der Waals surface area contributed by atoms with Gasteiger partial charge in [-0.05, 0) is 56.3 Å². The van der Waals surface area contributed by atoms with E-state index in [-0.39, 0.29) is 30.5 Å². The van der Waals surface area contributed by atoms with Gasteiger partial charge in [-0.1, -0.05) is 13.8 Å². The summed E-state index contributed by atoms with van der Waals surface area (Å²) in [6.07, 6.45) is 1.92. The van der Waals surface area contributed by atoms with Gasteiger partial charge in [0.15, 0.2) is 5.78 Å². The molecule has 0 aliphatic heterocycles. The number of Topliss-reactive ketones (excluding diaryl/α,β-unsaturated/α-hetero) is 2. The van der Waals surface area contributed by atoms with Crippen LogP contribution in [0.25, 0.3) is 0 Å². The highest BCUT2D eigenvalue weighted by atomic mass is 19.1. The predicted molar refractivity (Wildman–Crippen MR) is 95.5 cm³/mol.